The molecule has 0 aliphatic rings. The molecule has 1 aromatic carbocycles. The van der Waals surface area contributed by atoms with Crippen LogP contribution in [-0.4, -0.2) is 38.9 Å². The van der Waals surface area contributed by atoms with Crippen LogP contribution in [0, 0.1) is 0 Å². The number of benzene rings is 1. The second-order valence-corrected chi connectivity index (χ2v) is 5.46. The van der Waals surface area contributed by atoms with Gasteiger partial charge >= 0.3 is 16.3 Å². The van der Waals surface area contributed by atoms with E-state index in [1.54, 1.807) is 11.6 Å². The van der Waals surface area contributed by atoms with Crippen LogP contribution in [0.5, 0.6) is 0 Å². The van der Waals surface area contributed by atoms with E-state index in [2.05, 4.69) is 9.46 Å². The Morgan fingerprint density at radius 1 is 1.35 bits per heavy atom. The summed E-state index contributed by atoms with van der Waals surface area (Å²) in [4.78, 5) is 11.1. The fraction of sp³-hybridized carbons (Fsp3) is 0.417. The lowest BCUT2D eigenvalue weighted by Crippen LogP contribution is -2.47. The van der Waals surface area contributed by atoms with Crippen LogP contribution in [-0.2, 0) is 21.4 Å². The highest BCUT2D eigenvalue weighted by Crippen LogP contribution is 2.03. The molecule has 0 aliphatic heterocycles. The maximum Gasteiger partial charge on any atom is 0.421 e. The molecule has 1 atom stereocenters. The maximum absolute atomic E-state index is 11.6. The van der Waals surface area contributed by atoms with Gasteiger partial charge < -0.3 is 9.84 Å². The van der Waals surface area contributed by atoms with Gasteiger partial charge in [0.1, 0.15) is 0 Å². The number of hydrogen-bond donors (Lipinski definition) is 3. The standard InChI is InChI=1S/C12H18N2O5S/c1-2-19-12(16)14-20(17,18)13-11(9-15)8-10-6-4-3-5-7-10/h3-7,11,13,15H,2,8-9H2,1H3,(H,14,16)/t11-/m0/s1. The van der Waals surface area contributed by atoms with E-state index >= 15 is 0 Å². The van der Waals surface area contributed by atoms with Crippen LogP contribution in [0.4, 0.5) is 4.79 Å². The first-order chi connectivity index (χ1) is 9.46. The minimum atomic E-state index is -4.07. The number of hydrogen-bond acceptors (Lipinski definition) is 5. The summed E-state index contributed by atoms with van der Waals surface area (Å²) in [5, 5.41) is 9.22. The first kappa shape index (κ1) is 16.4. The Morgan fingerprint density at radius 3 is 2.55 bits per heavy atom. The summed E-state index contributed by atoms with van der Waals surface area (Å²) in [6.45, 7) is 1.24. The second-order valence-electron chi connectivity index (χ2n) is 4.01. The van der Waals surface area contributed by atoms with E-state index in [-0.39, 0.29) is 6.61 Å². The number of aliphatic hydroxyl groups excluding tert-OH is 1. The number of aliphatic hydroxyl groups is 1. The van der Waals surface area contributed by atoms with Gasteiger partial charge in [0.2, 0.25) is 0 Å². The quantitative estimate of drug-likeness (QED) is 0.666. The molecule has 0 fully saturated rings. The van der Waals surface area contributed by atoms with E-state index in [4.69, 9.17) is 0 Å². The molecule has 112 valence electrons. The highest BCUT2D eigenvalue weighted by molar-refractivity contribution is 7.88. The van der Waals surface area contributed by atoms with Crippen molar-refractivity contribution in [1.82, 2.24) is 9.44 Å². The van der Waals surface area contributed by atoms with Crippen LogP contribution >= 0.6 is 0 Å². The summed E-state index contributed by atoms with van der Waals surface area (Å²) in [5.41, 5.74) is 0.866. The summed E-state index contributed by atoms with van der Waals surface area (Å²) in [6, 6.07) is 8.36. The Bertz CT molecular complexity index is 518. The predicted molar refractivity (Wildman–Crippen MR) is 73.2 cm³/mol. The van der Waals surface area contributed by atoms with Gasteiger partial charge in [-0.1, -0.05) is 30.3 Å². The normalized spacial score (nSPS) is 12.7. The van der Waals surface area contributed by atoms with Crippen LogP contribution in [0.1, 0.15) is 12.5 Å². The maximum atomic E-state index is 11.6. The van der Waals surface area contributed by atoms with Crippen LogP contribution < -0.4 is 9.44 Å². The van der Waals surface area contributed by atoms with Gasteiger partial charge in [-0.3, -0.25) is 0 Å². The van der Waals surface area contributed by atoms with Crippen LogP contribution in [0.25, 0.3) is 0 Å². The summed E-state index contributed by atoms with van der Waals surface area (Å²) >= 11 is 0. The van der Waals surface area contributed by atoms with Crippen molar-refractivity contribution in [2.75, 3.05) is 13.2 Å². The highest BCUT2D eigenvalue weighted by Gasteiger charge is 2.20. The molecule has 20 heavy (non-hydrogen) atoms. The van der Waals surface area contributed by atoms with Crippen molar-refractivity contribution in [3.63, 3.8) is 0 Å². The third-order valence-electron chi connectivity index (χ3n) is 2.36. The average Bonchev–Trinajstić information content (AvgIpc) is 2.38. The molecule has 3 N–H and O–H groups in total. The van der Waals surface area contributed by atoms with Gasteiger partial charge in [0.25, 0.3) is 0 Å². The smallest absolute Gasteiger partial charge is 0.421 e. The van der Waals surface area contributed by atoms with Gasteiger partial charge in [-0.2, -0.15) is 13.1 Å². The Morgan fingerprint density at radius 2 is 2.00 bits per heavy atom. The SMILES string of the molecule is CCOC(=O)NS(=O)(=O)N[C@H](CO)Cc1ccccc1. The molecule has 0 heterocycles. The summed E-state index contributed by atoms with van der Waals surface area (Å²) < 4.78 is 31.6. The highest BCUT2D eigenvalue weighted by atomic mass is 32.2. The first-order valence-electron chi connectivity index (χ1n) is 6.08. The van der Waals surface area contributed by atoms with Crippen molar-refractivity contribution in [1.29, 1.82) is 0 Å². The van der Waals surface area contributed by atoms with E-state index < -0.39 is 29.0 Å². The van der Waals surface area contributed by atoms with E-state index in [9.17, 15) is 18.3 Å². The van der Waals surface area contributed by atoms with E-state index in [0.29, 0.717) is 6.42 Å². The molecule has 0 aromatic heterocycles. The zero-order chi connectivity index (χ0) is 15.0. The number of amides is 1. The largest absolute Gasteiger partial charge is 0.449 e. The monoisotopic (exact) mass is 302 g/mol. The van der Waals surface area contributed by atoms with Crippen molar-refractivity contribution in [3.05, 3.63) is 35.9 Å². The van der Waals surface area contributed by atoms with Gasteiger partial charge in [-0.25, -0.2) is 9.52 Å². The van der Waals surface area contributed by atoms with E-state index in [1.165, 1.54) is 0 Å². The Labute approximate surface area is 118 Å². The Hall–Kier alpha value is -1.64. The molecule has 0 bridgehead atoms. The third-order valence-corrected chi connectivity index (χ3v) is 3.44. The minimum Gasteiger partial charge on any atom is -0.449 e. The molecule has 1 amide bonds. The first-order valence-corrected chi connectivity index (χ1v) is 7.56. The molecule has 0 spiro atoms. The van der Waals surface area contributed by atoms with Crippen molar-refractivity contribution < 1.29 is 23.1 Å². The predicted octanol–water partition coefficient (Wildman–Crippen LogP) is 0.171. The number of carbonyl (C=O) groups is 1. The molecule has 8 heteroatoms. The summed E-state index contributed by atoms with van der Waals surface area (Å²) in [7, 11) is -4.07. The third kappa shape index (κ3) is 6.00. The van der Waals surface area contributed by atoms with Crippen molar-refractivity contribution >= 4 is 16.3 Å². The zero-order valence-electron chi connectivity index (χ0n) is 11.1. The summed E-state index contributed by atoms with van der Waals surface area (Å²) in [5.74, 6) is 0. The lowest BCUT2D eigenvalue weighted by molar-refractivity contribution is 0.158. The van der Waals surface area contributed by atoms with E-state index in [1.807, 2.05) is 30.3 Å². The van der Waals surface area contributed by atoms with Crippen LogP contribution in [0.3, 0.4) is 0 Å². The van der Waals surface area contributed by atoms with Gasteiger partial charge in [-0.15, -0.1) is 0 Å². The van der Waals surface area contributed by atoms with Crippen molar-refractivity contribution in [2.24, 2.45) is 0 Å². The number of ether oxygens (including phenoxy) is 1. The molecule has 1 rings (SSSR count). The van der Waals surface area contributed by atoms with Gasteiger partial charge in [0.15, 0.2) is 0 Å². The second kappa shape index (κ2) is 7.83. The molecular formula is C12H18N2O5S. The average molecular weight is 302 g/mol. The Kier molecular flexibility index (Phi) is 6.43. The van der Waals surface area contributed by atoms with Gasteiger partial charge in [-0.05, 0) is 18.9 Å². The van der Waals surface area contributed by atoms with Crippen molar-refractivity contribution in [3.8, 4) is 0 Å². The topological polar surface area (TPSA) is 105 Å². The zero-order valence-corrected chi connectivity index (χ0v) is 11.9. The van der Waals surface area contributed by atoms with Gasteiger partial charge in [0, 0.05) is 0 Å². The van der Waals surface area contributed by atoms with Crippen LogP contribution in [0.15, 0.2) is 30.3 Å². The number of rotatable bonds is 7. The molecule has 1 aromatic rings. The Balaban J connectivity index is 2.61. The van der Waals surface area contributed by atoms with Crippen LogP contribution in [0.2, 0.25) is 0 Å². The van der Waals surface area contributed by atoms with Crippen molar-refractivity contribution in [2.45, 2.75) is 19.4 Å². The lowest BCUT2D eigenvalue weighted by atomic mass is 10.1. The molecule has 0 radical (unpaired) electrons. The molecule has 0 saturated carbocycles. The van der Waals surface area contributed by atoms with Gasteiger partial charge in [0.05, 0.1) is 19.3 Å². The number of nitrogens with one attached hydrogen (secondary N) is 2. The lowest BCUT2D eigenvalue weighted by Gasteiger charge is -2.16. The molecule has 0 unspecified atom stereocenters. The number of carbonyl (C=O) groups excluding carboxylic acids is 1. The molecule has 0 aliphatic carbocycles. The fourth-order valence-electron chi connectivity index (χ4n) is 1.56. The molecule has 7 nitrogen and oxygen atoms in total. The minimum absolute atomic E-state index is 0.0643. The molecule has 0 saturated heterocycles. The molecular weight excluding hydrogens is 284 g/mol. The summed E-state index contributed by atoms with van der Waals surface area (Å²) in [6.07, 6.45) is -0.752. The fourth-order valence-corrected chi connectivity index (χ4v) is 2.50. The van der Waals surface area contributed by atoms with E-state index in [0.717, 1.165) is 5.56 Å².